The number of benzene rings is 1. The molecule has 1 unspecified atom stereocenters. The van der Waals surface area contributed by atoms with Crippen molar-refractivity contribution in [1.82, 2.24) is 0 Å². The fraction of sp³-hybridized carbons (Fsp3) is 0.250. The fourth-order valence-electron chi connectivity index (χ4n) is 2.34. The number of anilines is 2. The van der Waals surface area contributed by atoms with Crippen LogP contribution in [0.3, 0.4) is 0 Å². The van der Waals surface area contributed by atoms with Crippen LogP contribution in [0.15, 0.2) is 24.3 Å². The predicted molar refractivity (Wildman–Crippen MR) is 86.9 cm³/mol. The van der Waals surface area contributed by atoms with Crippen LogP contribution in [0.5, 0.6) is 5.75 Å². The third kappa shape index (κ3) is 2.69. The van der Waals surface area contributed by atoms with Crippen molar-refractivity contribution in [2.45, 2.75) is 26.9 Å². The molecule has 2 heterocycles. The molecule has 2 aromatic rings. The normalized spacial score (nSPS) is 16.5. The minimum atomic E-state index is -0.510. The molecule has 0 saturated heterocycles. The minimum Gasteiger partial charge on any atom is -0.479 e. The third-order valence-electron chi connectivity index (χ3n) is 3.45. The van der Waals surface area contributed by atoms with E-state index in [-0.39, 0.29) is 11.8 Å². The van der Waals surface area contributed by atoms with Gasteiger partial charge in [-0.2, -0.15) is 0 Å². The van der Waals surface area contributed by atoms with Crippen LogP contribution in [-0.2, 0) is 4.79 Å². The summed E-state index contributed by atoms with van der Waals surface area (Å²) in [5.41, 5.74) is 1.86. The minimum absolute atomic E-state index is 0.154. The van der Waals surface area contributed by atoms with Gasteiger partial charge in [0.1, 0.15) is 5.75 Å². The van der Waals surface area contributed by atoms with Gasteiger partial charge in [-0.1, -0.05) is 0 Å². The summed E-state index contributed by atoms with van der Waals surface area (Å²) in [6, 6.07) is 7.08. The summed E-state index contributed by atoms with van der Waals surface area (Å²) in [6.45, 7) is 5.59. The number of ether oxygens (including phenoxy) is 1. The Labute approximate surface area is 132 Å². The number of aryl methyl sites for hydroxylation is 2. The Morgan fingerprint density at radius 3 is 2.77 bits per heavy atom. The Balaban J connectivity index is 1.82. The molecule has 0 aliphatic carbocycles. The van der Waals surface area contributed by atoms with Gasteiger partial charge in [-0.05, 0) is 45.0 Å². The molecule has 1 aromatic carbocycles. The van der Waals surface area contributed by atoms with Crippen LogP contribution >= 0.6 is 11.3 Å². The van der Waals surface area contributed by atoms with Gasteiger partial charge in [0, 0.05) is 15.4 Å². The van der Waals surface area contributed by atoms with Gasteiger partial charge in [-0.15, -0.1) is 11.3 Å². The molecule has 5 nitrogen and oxygen atoms in total. The van der Waals surface area contributed by atoms with E-state index < -0.39 is 6.10 Å². The number of fused-ring (bicyclic) bond motifs is 1. The molecule has 2 N–H and O–H groups in total. The Kier molecular flexibility index (Phi) is 3.62. The summed E-state index contributed by atoms with van der Waals surface area (Å²) in [4.78, 5) is 26.0. The van der Waals surface area contributed by atoms with Crippen molar-refractivity contribution in [2.75, 3.05) is 10.6 Å². The molecular weight excluding hydrogens is 300 g/mol. The maximum Gasteiger partial charge on any atom is 0.265 e. The number of nitrogens with one attached hydrogen (secondary N) is 2. The van der Waals surface area contributed by atoms with E-state index in [1.165, 1.54) is 0 Å². The van der Waals surface area contributed by atoms with Crippen molar-refractivity contribution in [1.29, 1.82) is 0 Å². The second kappa shape index (κ2) is 5.46. The van der Waals surface area contributed by atoms with Gasteiger partial charge < -0.3 is 15.4 Å². The average Bonchev–Trinajstić information content (AvgIpc) is 2.79. The molecule has 3 rings (SSSR count). The Hall–Kier alpha value is -2.34. The second-order valence-electron chi connectivity index (χ2n) is 5.24. The molecule has 6 heteroatoms. The van der Waals surface area contributed by atoms with Gasteiger partial charge in [-0.25, -0.2) is 0 Å². The zero-order valence-corrected chi connectivity index (χ0v) is 13.3. The molecular formula is C16H16N2O3S. The SMILES string of the molecule is Cc1cc(C(=O)Nc2ccc3c(c2)NC(=O)C(C)O3)c(C)s1. The number of thiophene rings is 1. The van der Waals surface area contributed by atoms with Crippen molar-refractivity contribution < 1.29 is 14.3 Å². The van der Waals surface area contributed by atoms with Crippen molar-refractivity contribution in [3.63, 3.8) is 0 Å². The lowest BCUT2D eigenvalue weighted by Crippen LogP contribution is -2.34. The number of rotatable bonds is 2. The number of amides is 2. The molecule has 114 valence electrons. The van der Waals surface area contributed by atoms with E-state index >= 15 is 0 Å². The Morgan fingerprint density at radius 2 is 2.09 bits per heavy atom. The van der Waals surface area contributed by atoms with Gasteiger partial charge in [-0.3, -0.25) is 9.59 Å². The van der Waals surface area contributed by atoms with E-state index in [4.69, 9.17) is 4.74 Å². The average molecular weight is 316 g/mol. The molecule has 0 radical (unpaired) electrons. The van der Waals surface area contributed by atoms with Crippen molar-refractivity contribution in [2.24, 2.45) is 0 Å². The molecule has 1 atom stereocenters. The summed E-state index contributed by atoms with van der Waals surface area (Å²) >= 11 is 1.59. The quantitative estimate of drug-likeness (QED) is 0.893. The largest absolute Gasteiger partial charge is 0.479 e. The fourth-order valence-corrected chi connectivity index (χ4v) is 3.26. The van der Waals surface area contributed by atoms with Gasteiger partial charge >= 0.3 is 0 Å². The zero-order valence-electron chi connectivity index (χ0n) is 12.5. The molecule has 2 amide bonds. The molecule has 0 saturated carbocycles. The number of carbonyl (C=O) groups excluding carboxylic acids is 2. The first-order valence-electron chi connectivity index (χ1n) is 6.94. The lowest BCUT2D eigenvalue weighted by atomic mass is 10.2. The van der Waals surface area contributed by atoms with E-state index in [0.717, 1.165) is 9.75 Å². The second-order valence-corrected chi connectivity index (χ2v) is 6.70. The number of hydrogen-bond acceptors (Lipinski definition) is 4. The van der Waals surface area contributed by atoms with E-state index in [1.54, 1.807) is 36.5 Å². The van der Waals surface area contributed by atoms with Crippen molar-refractivity contribution >= 4 is 34.5 Å². The Bertz CT molecular complexity index is 767. The summed E-state index contributed by atoms with van der Waals surface area (Å²) in [6.07, 6.45) is -0.510. The lowest BCUT2D eigenvalue weighted by Gasteiger charge is -2.23. The van der Waals surface area contributed by atoms with Gasteiger partial charge in [0.2, 0.25) is 0 Å². The molecule has 1 aliphatic heterocycles. The monoisotopic (exact) mass is 316 g/mol. The van der Waals surface area contributed by atoms with Crippen LogP contribution < -0.4 is 15.4 Å². The highest BCUT2D eigenvalue weighted by Gasteiger charge is 2.23. The number of hydrogen-bond donors (Lipinski definition) is 2. The topological polar surface area (TPSA) is 67.4 Å². The van der Waals surface area contributed by atoms with Crippen LogP contribution in [-0.4, -0.2) is 17.9 Å². The summed E-state index contributed by atoms with van der Waals surface area (Å²) in [7, 11) is 0. The van der Waals surface area contributed by atoms with Crippen molar-refractivity contribution in [3.05, 3.63) is 39.6 Å². The summed E-state index contributed by atoms with van der Waals surface area (Å²) in [5.74, 6) is 0.256. The Morgan fingerprint density at radius 1 is 1.32 bits per heavy atom. The molecule has 0 fully saturated rings. The molecule has 1 aromatic heterocycles. The lowest BCUT2D eigenvalue weighted by molar-refractivity contribution is -0.122. The smallest absolute Gasteiger partial charge is 0.265 e. The first kappa shape index (κ1) is 14.6. The zero-order chi connectivity index (χ0) is 15.9. The molecule has 0 spiro atoms. The van der Waals surface area contributed by atoms with E-state index in [1.807, 2.05) is 19.9 Å². The highest BCUT2D eigenvalue weighted by Crippen LogP contribution is 2.32. The van der Waals surface area contributed by atoms with Gasteiger partial charge in [0.25, 0.3) is 11.8 Å². The maximum absolute atomic E-state index is 12.3. The maximum atomic E-state index is 12.3. The van der Waals surface area contributed by atoms with Gasteiger partial charge in [0.05, 0.1) is 11.3 Å². The number of carbonyl (C=O) groups is 2. The van der Waals surface area contributed by atoms with Crippen LogP contribution in [0.4, 0.5) is 11.4 Å². The van der Waals surface area contributed by atoms with Crippen LogP contribution in [0.2, 0.25) is 0 Å². The highest BCUT2D eigenvalue weighted by atomic mass is 32.1. The van der Waals surface area contributed by atoms with Crippen molar-refractivity contribution in [3.8, 4) is 5.75 Å². The summed E-state index contributed by atoms with van der Waals surface area (Å²) in [5, 5.41) is 5.61. The van der Waals surface area contributed by atoms with Crippen LogP contribution in [0, 0.1) is 13.8 Å². The molecule has 22 heavy (non-hydrogen) atoms. The van der Waals surface area contributed by atoms with E-state index in [0.29, 0.717) is 22.7 Å². The molecule has 0 bridgehead atoms. The molecule has 1 aliphatic rings. The summed E-state index contributed by atoms with van der Waals surface area (Å²) < 4.78 is 5.49. The third-order valence-corrected chi connectivity index (χ3v) is 4.42. The van der Waals surface area contributed by atoms with Crippen LogP contribution in [0.25, 0.3) is 0 Å². The highest BCUT2D eigenvalue weighted by molar-refractivity contribution is 7.12. The van der Waals surface area contributed by atoms with Gasteiger partial charge in [0.15, 0.2) is 6.10 Å². The standard InChI is InChI=1S/C16H16N2O3S/c1-8-6-12(10(3)22-8)16(20)17-11-4-5-14-13(7-11)18-15(19)9(2)21-14/h4-7,9H,1-3H3,(H,17,20)(H,18,19). The van der Waals surface area contributed by atoms with Crippen LogP contribution in [0.1, 0.15) is 27.0 Å². The van der Waals surface area contributed by atoms with E-state index in [2.05, 4.69) is 10.6 Å². The predicted octanol–water partition coefficient (Wildman–Crippen LogP) is 3.34. The first-order chi connectivity index (χ1) is 10.4. The van der Waals surface area contributed by atoms with E-state index in [9.17, 15) is 9.59 Å². The first-order valence-corrected chi connectivity index (χ1v) is 7.75.